The number of nitrogens with two attached hydrogens (primary N) is 1. The van der Waals surface area contributed by atoms with E-state index < -0.39 is 0 Å². The van der Waals surface area contributed by atoms with Crippen molar-refractivity contribution in [2.75, 3.05) is 18.6 Å². The number of nitrogens with zero attached hydrogens (tertiary/aromatic N) is 2. The topological polar surface area (TPSA) is 64.1 Å². The minimum absolute atomic E-state index is 0.0372. The molecule has 3 N–H and O–H groups in total. The molecule has 2 aromatic rings. The van der Waals surface area contributed by atoms with Crippen molar-refractivity contribution >= 4 is 17.6 Å². The summed E-state index contributed by atoms with van der Waals surface area (Å²) in [7, 11) is 0. The van der Waals surface area contributed by atoms with Crippen LogP contribution in [0.1, 0.15) is 0 Å². The molecule has 0 fully saturated rings. The van der Waals surface area contributed by atoms with Crippen LogP contribution in [-0.4, -0.2) is 27.7 Å². The van der Waals surface area contributed by atoms with E-state index >= 15 is 0 Å². The van der Waals surface area contributed by atoms with Crippen molar-refractivity contribution in [3.8, 4) is 11.3 Å². The summed E-state index contributed by atoms with van der Waals surface area (Å²) in [5, 5.41) is 13.3. The first kappa shape index (κ1) is 12.0. The summed E-state index contributed by atoms with van der Waals surface area (Å²) in [6.45, 7) is 0.461. The summed E-state index contributed by atoms with van der Waals surface area (Å²) in [5.41, 5.74) is 7.76. The van der Waals surface area contributed by atoms with E-state index in [9.17, 15) is 0 Å². The molecule has 0 spiro atoms. The van der Waals surface area contributed by atoms with Gasteiger partial charge in [0.25, 0.3) is 0 Å². The fourth-order valence-electron chi connectivity index (χ4n) is 1.69. The predicted octanol–water partition coefficient (Wildman–Crippen LogP) is 1.85. The summed E-state index contributed by atoms with van der Waals surface area (Å²) in [5.74, 6) is 0.574. The summed E-state index contributed by atoms with van der Waals surface area (Å²) in [6.07, 6.45) is 2.03. The van der Waals surface area contributed by atoms with Crippen molar-refractivity contribution in [1.29, 1.82) is 0 Å². The van der Waals surface area contributed by atoms with Crippen LogP contribution < -0.4 is 5.73 Å². The van der Waals surface area contributed by atoms with Crippen molar-refractivity contribution in [2.24, 2.45) is 0 Å². The van der Waals surface area contributed by atoms with Gasteiger partial charge in [0, 0.05) is 16.5 Å². The monoisotopic (exact) mass is 249 g/mol. The van der Waals surface area contributed by atoms with Crippen LogP contribution in [0.3, 0.4) is 0 Å². The number of hydrogen-bond acceptors (Lipinski definition) is 4. The standard InChI is InChI=1S/C12H15N3OS/c1-17-11-5-3-2-4-9(11)10-8-12(13)15(14-10)6-7-16/h2-5,8,16H,6-7,13H2,1H3. The highest BCUT2D eigenvalue weighted by molar-refractivity contribution is 7.98. The number of hydrogen-bond donors (Lipinski definition) is 2. The van der Waals surface area contributed by atoms with Crippen LogP contribution in [0, 0.1) is 0 Å². The van der Waals surface area contributed by atoms with Gasteiger partial charge in [-0.15, -0.1) is 11.8 Å². The molecule has 4 nitrogen and oxygen atoms in total. The Hall–Kier alpha value is -1.46. The lowest BCUT2D eigenvalue weighted by Gasteiger charge is -2.03. The van der Waals surface area contributed by atoms with Gasteiger partial charge >= 0.3 is 0 Å². The number of aliphatic hydroxyl groups is 1. The number of aromatic nitrogens is 2. The molecule has 1 aromatic heterocycles. The predicted molar refractivity (Wildman–Crippen MR) is 70.9 cm³/mol. The smallest absolute Gasteiger partial charge is 0.122 e. The molecule has 0 aliphatic heterocycles. The second-order valence-corrected chi connectivity index (χ2v) is 4.45. The maximum absolute atomic E-state index is 8.90. The van der Waals surface area contributed by atoms with Gasteiger partial charge in [-0.2, -0.15) is 5.10 Å². The van der Waals surface area contributed by atoms with Gasteiger partial charge in [-0.1, -0.05) is 18.2 Å². The van der Waals surface area contributed by atoms with Crippen molar-refractivity contribution in [2.45, 2.75) is 11.4 Å². The molecule has 0 atom stereocenters. The molecule has 0 saturated heterocycles. The SMILES string of the molecule is CSc1ccccc1-c1cc(N)n(CCO)n1. The quantitative estimate of drug-likeness (QED) is 0.812. The molecule has 0 aliphatic rings. The first-order chi connectivity index (χ1) is 8.26. The van der Waals surface area contributed by atoms with Crippen molar-refractivity contribution in [1.82, 2.24) is 9.78 Å². The van der Waals surface area contributed by atoms with Crippen LogP contribution in [0.25, 0.3) is 11.3 Å². The van der Waals surface area contributed by atoms with Gasteiger partial charge in [-0.3, -0.25) is 0 Å². The molecule has 0 amide bonds. The van der Waals surface area contributed by atoms with Crippen molar-refractivity contribution in [3.63, 3.8) is 0 Å². The summed E-state index contributed by atoms with van der Waals surface area (Å²) >= 11 is 1.68. The zero-order valence-corrected chi connectivity index (χ0v) is 10.4. The van der Waals surface area contributed by atoms with E-state index in [0.29, 0.717) is 12.4 Å². The van der Waals surface area contributed by atoms with E-state index in [2.05, 4.69) is 11.2 Å². The Morgan fingerprint density at radius 1 is 1.41 bits per heavy atom. The second kappa shape index (κ2) is 5.25. The van der Waals surface area contributed by atoms with E-state index in [1.165, 1.54) is 4.90 Å². The molecule has 1 aromatic carbocycles. The fourth-order valence-corrected chi connectivity index (χ4v) is 2.30. The molecule has 0 radical (unpaired) electrons. The largest absolute Gasteiger partial charge is 0.394 e. The summed E-state index contributed by atoms with van der Waals surface area (Å²) in [6, 6.07) is 9.91. The number of thioether (sulfide) groups is 1. The minimum atomic E-state index is 0.0372. The highest BCUT2D eigenvalue weighted by atomic mass is 32.2. The lowest BCUT2D eigenvalue weighted by Crippen LogP contribution is -2.07. The average molecular weight is 249 g/mol. The lowest BCUT2D eigenvalue weighted by molar-refractivity contribution is 0.270. The molecule has 17 heavy (non-hydrogen) atoms. The molecular weight excluding hydrogens is 234 g/mol. The Labute approximate surface area is 104 Å². The molecule has 1 heterocycles. The molecule has 2 rings (SSSR count). The Morgan fingerprint density at radius 3 is 2.88 bits per heavy atom. The zero-order chi connectivity index (χ0) is 12.3. The van der Waals surface area contributed by atoms with Crippen LogP contribution in [0.4, 0.5) is 5.82 Å². The number of anilines is 1. The van der Waals surface area contributed by atoms with E-state index in [0.717, 1.165) is 11.3 Å². The van der Waals surface area contributed by atoms with E-state index in [-0.39, 0.29) is 6.61 Å². The van der Waals surface area contributed by atoms with Crippen LogP contribution >= 0.6 is 11.8 Å². The van der Waals surface area contributed by atoms with E-state index in [1.807, 2.05) is 30.5 Å². The molecule has 5 heteroatoms. The molecule has 0 unspecified atom stereocenters. The van der Waals surface area contributed by atoms with Gasteiger partial charge < -0.3 is 10.8 Å². The lowest BCUT2D eigenvalue weighted by atomic mass is 10.1. The second-order valence-electron chi connectivity index (χ2n) is 3.60. The first-order valence-corrected chi connectivity index (χ1v) is 6.56. The Bertz CT molecular complexity index is 510. The highest BCUT2D eigenvalue weighted by Gasteiger charge is 2.09. The third-order valence-corrected chi connectivity index (χ3v) is 3.30. The van der Waals surface area contributed by atoms with Gasteiger partial charge in [-0.25, -0.2) is 4.68 Å². The zero-order valence-electron chi connectivity index (χ0n) is 9.63. The normalized spacial score (nSPS) is 10.7. The summed E-state index contributed by atoms with van der Waals surface area (Å²) in [4.78, 5) is 1.17. The van der Waals surface area contributed by atoms with Gasteiger partial charge in [0.15, 0.2) is 0 Å². The van der Waals surface area contributed by atoms with Crippen LogP contribution in [0.5, 0.6) is 0 Å². The number of nitrogen functional groups attached to an aromatic ring is 1. The summed E-state index contributed by atoms with van der Waals surface area (Å²) < 4.78 is 1.62. The minimum Gasteiger partial charge on any atom is -0.394 e. The number of aliphatic hydroxyl groups excluding tert-OH is 1. The van der Waals surface area contributed by atoms with Crippen LogP contribution in [-0.2, 0) is 6.54 Å². The Morgan fingerprint density at radius 2 is 2.18 bits per heavy atom. The fraction of sp³-hybridized carbons (Fsp3) is 0.250. The molecule has 0 aliphatic carbocycles. The van der Waals surface area contributed by atoms with Crippen molar-refractivity contribution < 1.29 is 5.11 Å². The van der Waals surface area contributed by atoms with Crippen LogP contribution in [0.2, 0.25) is 0 Å². The molecular formula is C12H15N3OS. The number of rotatable bonds is 4. The Balaban J connectivity index is 2.42. The first-order valence-electron chi connectivity index (χ1n) is 5.34. The van der Waals surface area contributed by atoms with Crippen molar-refractivity contribution in [3.05, 3.63) is 30.3 Å². The molecule has 0 bridgehead atoms. The molecule has 0 saturated carbocycles. The molecule has 90 valence electrons. The maximum Gasteiger partial charge on any atom is 0.122 e. The van der Waals surface area contributed by atoms with Gasteiger partial charge in [0.05, 0.1) is 18.8 Å². The number of benzene rings is 1. The van der Waals surface area contributed by atoms with Gasteiger partial charge in [-0.05, 0) is 12.3 Å². The van der Waals surface area contributed by atoms with Gasteiger partial charge in [0.2, 0.25) is 0 Å². The Kier molecular flexibility index (Phi) is 3.71. The maximum atomic E-state index is 8.90. The average Bonchev–Trinajstić information content (AvgIpc) is 2.71. The van der Waals surface area contributed by atoms with Crippen LogP contribution in [0.15, 0.2) is 35.2 Å². The van der Waals surface area contributed by atoms with E-state index in [1.54, 1.807) is 16.4 Å². The highest BCUT2D eigenvalue weighted by Crippen LogP contribution is 2.29. The third-order valence-electron chi connectivity index (χ3n) is 2.51. The third kappa shape index (κ3) is 2.45. The van der Waals surface area contributed by atoms with Gasteiger partial charge in [0.1, 0.15) is 5.82 Å². The van der Waals surface area contributed by atoms with E-state index in [4.69, 9.17) is 10.8 Å².